The summed E-state index contributed by atoms with van der Waals surface area (Å²) in [6.07, 6.45) is 2.17. The number of aromatic amines is 1. The SMILES string of the molecule is N/C(=C\c1ccccc1)c1c(-c2ccc(O)cc2)cc(-c2ccccc2)[nH]c1=S.NC=O. The van der Waals surface area contributed by atoms with E-state index in [1.165, 1.54) is 0 Å². The number of pyridine rings is 1. The molecule has 0 unspecified atom stereocenters. The number of benzene rings is 3. The molecule has 0 atom stereocenters. The van der Waals surface area contributed by atoms with Crippen LogP contribution in [0.25, 0.3) is 34.2 Å². The third kappa shape index (κ3) is 5.50. The molecular formula is C26H23N3O2S. The number of rotatable bonds is 4. The monoisotopic (exact) mass is 441 g/mol. The Morgan fingerprint density at radius 1 is 0.875 bits per heavy atom. The van der Waals surface area contributed by atoms with Crippen LogP contribution in [0.2, 0.25) is 0 Å². The molecule has 4 aromatic rings. The van der Waals surface area contributed by atoms with Gasteiger partial charge in [-0.25, -0.2) is 0 Å². The number of nitrogens with one attached hydrogen (secondary N) is 1. The highest BCUT2D eigenvalue weighted by molar-refractivity contribution is 7.71. The second-order valence-corrected chi connectivity index (χ2v) is 7.27. The Kier molecular flexibility index (Phi) is 7.56. The van der Waals surface area contributed by atoms with E-state index in [0.717, 1.165) is 33.5 Å². The molecule has 3 aromatic carbocycles. The van der Waals surface area contributed by atoms with E-state index in [1.54, 1.807) is 12.1 Å². The first-order valence-electron chi connectivity index (χ1n) is 9.83. The average molecular weight is 442 g/mol. The van der Waals surface area contributed by atoms with Crippen LogP contribution in [0, 0.1) is 4.64 Å². The summed E-state index contributed by atoms with van der Waals surface area (Å²) in [5.74, 6) is 0.215. The first kappa shape index (κ1) is 22.5. The van der Waals surface area contributed by atoms with Crippen LogP contribution in [0.5, 0.6) is 5.75 Å². The minimum atomic E-state index is 0.215. The van der Waals surface area contributed by atoms with E-state index in [2.05, 4.69) is 16.8 Å². The lowest BCUT2D eigenvalue weighted by Gasteiger charge is -2.14. The van der Waals surface area contributed by atoms with Crippen molar-refractivity contribution in [3.05, 3.63) is 107 Å². The number of nitrogens with two attached hydrogens (primary N) is 2. The lowest BCUT2D eigenvalue weighted by Crippen LogP contribution is -2.02. The molecule has 0 aliphatic rings. The highest BCUT2D eigenvalue weighted by atomic mass is 32.1. The topological polar surface area (TPSA) is 105 Å². The average Bonchev–Trinajstić information content (AvgIpc) is 2.81. The highest BCUT2D eigenvalue weighted by Crippen LogP contribution is 2.33. The smallest absolute Gasteiger partial charge is 0.204 e. The van der Waals surface area contributed by atoms with Gasteiger partial charge < -0.3 is 21.6 Å². The van der Waals surface area contributed by atoms with Gasteiger partial charge in [-0.1, -0.05) is 85.0 Å². The zero-order valence-corrected chi connectivity index (χ0v) is 18.0. The summed E-state index contributed by atoms with van der Waals surface area (Å²) in [6.45, 7) is 0. The predicted octanol–water partition coefficient (Wildman–Crippen LogP) is 5.34. The van der Waals surface area contributed by atoms with Crippen LogP contribution in [0.3, 0.4) is 0 Å². The van der Waals surface area contributed by atoms with Crippen LogP contribution < -0.4 is 11.5 Å². The Hall–Kier alpha value is -4.16. The quantitative estimate of drug-likeness (QED) is 0.253. The lowest BCUT2D eigenvalue weighted by molar-refractivity contribution is -0.106. The van der Waals surface area contributed by atoms with E-state index < -0.39 is 0 Å². The minimum absolute atomic E-state index is 0.215. The van der Waals surface area contributed by atoms with Crippen molar-refractivity contribution in [1.82, 2.24) is 4.98 Å². The second-order valence-electron chi connectivity index (χ2n) is 6.86. The first-order chi connectivity index (χ1) is 15.5. The summed E-state index contributed by atoms with van der Waals surface area (Å²) in [7, 11) is 0. The third-order valence-corrected chi connectivity index (χ3v) is 5.01. The molecule has 5 nitrogen and oxygen atoms in total. The molecular weight excluding hydrogens is 418 g/mol. The molecule has 6 N–H and O–H groups in total. The molecule has 160 valence electrons. The molecule has 32 heavy (non-hydrogen) atoms. The molecule has 0 aliphatic carbocycles. The van der Waals surface area contributed by atoms with Gasteiger partial charge in [0.2, 0.25) is 6.41 Å². The summed E-state index contributed by atoms with van der Waals surface area (Å²) in [4.78, 5) is 11.9. The normalized spacial score (nSPS) is 10.7. The van der Waals surface area contributed by atoms with E-state index >= 15 is 0 Å². The number of hydrogen-bond acceptors (Lipinski definition) is 4. The van der Waals surface area contributed by atoms with Gasteiger partial charge in [0.05, 0.1) is 0 Å². The predicted molar refractivity (Wildman–Crippen MR) is 133 cm³/mol. The maximum absolute atomic E-state index is 9.70. The molecule has 4 rings (SSSR count). The van der Waals surface area contributed by atoms with Crippen molar-refractivity contribution >= 4 is 30.4 Å². The van der Waals surface area contributed by atoms with Crippen molar-refractivity contribution in [2.24, 2.45) is 11.5 Å². The van der Waals surface area contributed by atoms with E-state index in [9.17, 15) is 5.11 Å². The van der Waals surface area contributed by atoms with E-state index in [1.807, 2.05) is 78.9 Å². The molecule has 0 saturated carbocycles. The summed E-state index contributed by atoms with van der Waals surface area (Å²) in [5.41, 5.74) is 16.8. The van der Waals surface area contributed by atoms with Gasteiger partial charge in [-0.3, -0.25) is 4.79 Å². The highest BCUT2D eigenvalue weighted by Gasteiger charge is 2.13. The van der Waals surface area contributed by atoms with Gasteiger partial charge in [-0.05, 0) is 46.5 Å². The summed E-state index contributed by atoms with van der Waals surface area (Å²) in [5, 5.41) is 9.70. The minimum Gasteiger partial charge on any atom is -0.508 e. The fourth-order valence-corrected chi connectivity index (χ4v) is 3.63. The zero-order chi connectivity index (χ0) is 22.9. The third-order valence-electron chi connectivity index (χ3n) is 4.71. The van der Waals surface area contributed by atoms with E-state index in [0.29, 0.717) is 10.3 Å². The zero-order valence-electron chi connectivity index (χ0n) is 17.2. The number of aromatic hydroxyl groups is 1. The van der Waals surface area contributed by atoms with Crippen molar-refractivity contribution in [1.29, 1.82) is 0 Å². The number of aromatic nitrogens is 1. The van der Waals surface area contributed by atoms with Crippen LogP contribution in [-0.2, 0) is 4.79 Å². The van der Waals surface area contributed by atoms with Gasteiger partial charge in [0.25, 0.3) is 0 Å². The van der Waals surface area contributed by atoms with Gasteiger partial charge in [0.1, 0.15) is 10.4 Å². The largest absolute Gasteiger partial charge is 0.508 e. The fraction of sp³-hybridized carbons (Fsp3) is 0. The number of H-pyrrole nitrogens is 1. The number of primary amides is 1. The fourth-order valence-electron chi connectivity index (χ4n) is 3.29. The molecule has 6 heteroatoms. The van der Waals surface area contributed by atoms with Crippen molar-refractivity contribution < 1.29 is 9.90 Å². The number of hydrogen-bond donors (Lipinski definition) is 4. The van der Waals surface area contributed by atoms with Crippen molar-refractivity contribution in [2.75, 3.05) is 0 Å². The van der Waals surface area contributed by atoms with Gasteiger partial charge in [-0.15, -0.1) is 0 Å². The van der Waals surface area contributed by atoms with Crippen LogP contribution in [0.1, 0.15) is 11.1 Å². The van der Waals surface area contributed by atoms with Gasteiger partial charge >= 0.3 is 0 Å². The van der Waals surface area contributed by atoms with Crippen molar-refractivity contribution in [3.63, 3.8) is 0 Å². The Labute approximate surface area is 191 Å². The summed E-state index contributed by atoms with van der Waals surface area (Å²) < 4.78 is 0.569. The molecule has 0 aliphatic heterocycles. The maximum Gasteiger partial charge on any atom is 0.204 e. The van der Waals surface area contributed by atoms with Crippen LogP contribution >= 0.6 is 12.2 Å². The van der Waals surface area contributed by atoms with Crippen LogP contribution in [-0.4, -0.2) is 16.5 Å². The Morgan fingerprint density at radius 2 is 1.44 bits per heavy atom. The Bertz CT molecular complexity index is 1270. The molecule has 1 heterocycles. The Balaban J connectivity index is 0.000000913. The van der Waals surface area contributed by atoms with E-state index in [-0.39, 0.29) is 12.2 Å². The molecule has 1 amide bonds. The molecule has 0 radical (unpaired) electrons. The van der Waals surface area contributed by atoms with Crippen molar-refractivity contribution in [3.8, 4) is 28.1 Å². The summed E-state index contributed by atoms with van der Waals surface area (Å²) in [6, 6.07) is 29.1. The number of amides is 1. The standard InChI is InChI=1S/C25H20N2OS.CH3NO/c26-22(15-17-7-3-1-4-8-17)24-21(18-11-13-20(28)14-12-18)16-23(27-25(24)29)19-9-5-2-6-10-19;2-1-3/h1-16,28H,26H2,(H,27,29);1H,(H2,2,3)/b22-15-;. The molecule has 0 spiro atoms. The number of phenols is 1. The van der Waals surface area contributed by atoms with Gasteiger partial charge in [-0.2, -0.15) is 0 Å². The van der Waals surface area contributed by atoms with Gasteiger partial charge in [0.15, 0.2) is 0 Å². The maximum atomic E-state index is 9.70. The number of phenolic OH excluding ortho intramolecular Hbond substituents is 1. The van der Waals surface area contributed by atoms with Crippen LogP contribution in [0.4, 0.5) is 0 Å². The molecule has 1 aromatic heterocycles. The Morgan fingerprint density at radius 3 is 2.03 bits per heavy atom. The van der Waals surface area contributed by atoms with Crippen molar-refractivity contribution in [2.45, 2.75) is 0 Å². The molecule has 0 bridgehead atoms. The summed E-state index contributed by atoms with van der Waals surface area (Å²) >= 11 is 5.72. The number of carbonyl (C=O) groups excluding carboxylic acids is 1. The first-order valence-corrected chi connectivity index (χ1v) is 10.2. The van der Waals surface area contributed by atoms with Gasteiger partial charge in [0, 0.05) is 17.0 Å². The van der Waals surface area contributed by atoms with E-state index in [4.69, 9.17) is 22.7 Å². The van der Waals surface area contributed by atoms with Crippen LogP contribution in [0.15, 0.2) is 91.0 Å². The number of carbonyl (C=O) groups is 1. The lowest BCUT2D eigenvalue weighted by atomic mass is 9.96. The molecule has 0 fully saturated rings. The second kappa shape index (κ2) is 10.7. The molecule has 0 saturated heterocycles.